The number of alkyl carbamates (subject to hydrolysis) is 1. The molecule has 34 heavy (non-hydrogen) atoms. The van der Waals surface area contributed by atoms with Gasteiger partial charge in [0, 0.05) is 24.4 Å². The fourth-order valence-electron chi connectivity index (χ4n) is 4.73. The number of carbonyl (C=O) groups is 3. The van der Waals surface area contributed by atoms with Gasteiger partial charge in [0.1, 0.15) is 12.6 Å². The van der Waals surface area contributed by atoms with E-state index in [0.717, 1.165) is 22.3 Å². The van der Waals surface area contributed by atoms with Crippen LogP contribution < -0.4 is 5.32 Å². The Morgan fingerprint density at radius 2 is 1.74 bits per heavy atom. The van der Waals surface area contributed by atoms with E-state index in [-0.39, 0.29) is 17.9 Å². The van der Waals surface area contributed by atoms with Gasteiger partial charge in [-0.2, -0.15) is 0 Å². The van der Waals surface area contributed by atoms with Crippen LogP contribution in [0.5, 0.6) is 0 Å². The largest absolute Gasteiger partial charge is 0.481 e. The van der Waals surface area contributed by atoms with Gasteiger partial charge in [0.15, 0.2) is 0 Å². The summed E-state index contributed by atoms with van der Waals surface area (Å²) < 4.78 is 11.1. The first-order valence-corrected chi connectivity index (χ1v) is 11.4. The first-order chi connectivity index (χ1) is 16.2. The quantitative estimate of drug-likeness (QED) is 0.677. The number of carboxylic acid groups (broad SMARTS) is 1. The van der Waals surface area contributed by atoms with Crippen molar-refractivity contribution in [2.24, 2.45) is 5.41 Å². The van der Waals surface area contributed by atoms with E-state index >= 15 is 0 Å². The SMILES string of the molecule is CC1(C)COCCN(C(=O)C(CC(=O)O)NC(=O)OCC2c3ccccc3-c3ccccc32)C1. The molecule has 0 bridgehead atoms. The minimum Gasteiger partial charge on any atom is -0.481 e. The summed E-state index contributed by atoms with van der Waals surface area (Å²) in [5.41, 5.74) is 4.08. The number of carbonyl (C=O) groups excluding carboxylic acids is 2. The van der Waals surface area contributed by atoms with Gasteiger partial charge in [0.2, 0.25) is 5.91 Å². The molecular formula is C26H30N2O6. The Labute approximate surface area is 198 Å². The number of hydrogen-bond acceptors (Lipinski definition) is 5. The van der Waals surface area contributed by atoms with Crippen LogP contribution in [0.1, 0.15) is 37.3 Å². The Hall–Kier alpha value is -3.39. The number of nitrogens with one attached hydrogen (secondary N) is 1. The van der Waals surface area contributed by atoms with Crippen molar-refractivity contribution in [3.8, 4) is 11.1 Å². The van der Waals surface area contributed by atoms with Gasteiger partial charge in [-0.1, -0.05) is 62.4 Å². The van der Waals surface area contributed by atoms with E-state index in [1.165, 1.54) is 0 Å². The van der Waals surface area contributed by atoms with E-state index in [9.17, 15) is 19.5 Å². The van der Waals surface area contributed by atoms with Crippen LogP contribution in [-0.4, -0.2) is 66.9 Å². The molecule has 0 radical (unpaired) electrons. The summed E-state index contributed by atoms with van der Waals surface area (Å²) in [6.45, 7) is 5.64. The van der Waals surface area contributed by atoms with E-state index in [0.29, 0.717) is 26.3 Å². The molecule has 1 atom stereocenters. The lowest BCUT2D eigenvalue weighted by Gasteiger charge is -2.31. The minimum atomic E-state index is -1.22. The van der Waals surface area contributed by atoms with Crippen LogP contribution in [0, 0.1) is 5.41 Å². The monoisotopic (exact) mass is 466 g/mol. The lowest BCUT2D eigenvalue weighted by Crippen LogP contribution is -2.51. The number of nitrogens with zero attached hydrogens (tertiary/aromatic N) is 1. The van der Waals surface area contributed by atoms with Gasteiger partial charge in [-0.3, -0.25) is 9.59 Å². The molecule has 180 valence electrons. The van der Waals surface area contributed by atoms with Crippen LogP contribution >= 0.6 is 0 Å². The molecule has 0 aromatic heterocycles. The van der Waals surface area contributed by atoms with Gasteiger partial charge < -0.3 is 24.8 Å². The number of aliphatic carboxylic acids is 1. The van der Waals surface area contributed by atoms with Crippen molar-refractivity contribution >= 4 is 18.0 Å². The fourth-order valence-corrected chi connectivity index (χ4v) is 4.73. The molecular weight excluding hydrogens is 436 g/mol. The van der Waals surface area contributed by atoms with Crippen molar-refractivity contribution in [2.75, 3.05) is 32.9 Å². The normalized spacial score (nSPS) is 17.8. The molecule has 1 unspecified atom stereocenters. The van der Waals surface area contributed by atoms with Crippen LogP contribution in [0.15, 0.2) is 48.5 Å². The Kier molecular flexibility index (Phi) is 6.88. The van der Waals surface area contributed by atoms with E-state index in [2.05, 4.69) is 5.32 Å². The standard InChI is InChI=1S/C26H30N2O6/c1-26(2)15-28(11-12-33-16-26)24(31)22(13-23(29)30)27-25(32)34-14-21-19-9-5-3-7-17(19)18-8-4-6-10-20(18)21/h3-10,21-22H,11-16H2,1-2H3,(H,27,32)(H,29,30). The van der Waals surface area contributed by atoms with Crippen LogP contribution in [0.25, 0.3) is 11.1 Å². The molecule has 4 rings (SSSR count). The third-order valence-corrected chi connectivity index (χ3v) is 6.24. The third-order valence-electron chi connectivity index (χ3n) is 6.24. The summed E-state index contributed by atoms with van der Waals surface area (Å²) >= 11 is 0. The number of carboxylic acids is 1. The van der Waals surface area contributed by atoms with Crippen LogP contribution in [0.2, 0.25) is 0 Å². The molecule has 2 aliphatic rings. The van der Waals surface area contributed by atoms with Crippen LogP contribution in [-0.2, 0) is 19.1 Å². The summed E-state index contributed by atoms with van der Waals surface area (Å²) in [5, 5.41) is 11.8. The lowest BCUT2D eigenvalue weighted by atomic mass is 9.94. The number of hydrogen-bond donors (Lipinski definition) is 2. The van der Waals surface area contributed by atoms with Crippen molar-refractivity contribution in [3.05, 3.63) is 59.7 Å². The number of ether oxygens (including phenoxy) is 2. The second kappa shape index (κ2) is 9.85. The summed E-state index contributed by atoms with van der Waals surface area (Å²) in [4.78, 5) is 38.8. The second-order valence-corrected chi connectivity index (χ2v) is 9.60. The highest BCUT2D eigenvalue weighted by atomic mass is 16.5. The van der Waals surface area contributed by atoms with Crippen LogP contribution in [0.4, 0.5) is 4.79 Å². The number of rotatable bonds is 6. The van der Waals surface area contributed by atoms with E-state index in [1.54, 1.807) is 4.90 Å². The lowest BCUT2D eigenvalue weighted by molar-refractivity contribution is -0.142. The first kappa shape index (κ1) is 23.8. The summed E-state index contributed by atoms with van der Waals surface area (Å²) in [7, 11) is 0. The zero-order valence-corrected chi connectivity index (χ0v) is 19.5. The van der Waals surface area contributed by atoms with E-state index in [4.69, 9.17) is 9.47 Å². The Morgan fingerprint density at radius 3 is 2.35 bits per heavy atom. The molecule has 2 amide bonds. The highest BCUT2D eigenvalue weighted by molar-refractivity contribution is 5.89. The Morgan fingerprint density at radius 1 is 1.12 bits per heavy atom. The summed E-state index contributed by atoms with van der Waals surface area (Å²) in [5.74, 6) is -1.76. The zero-order chi connectivity index (χ0) is 24.3. The fraction of sp³-hybridized carbons (Fsp3) is 0.423. The number of fused-ring (bicyclic) bond motifs is 3. The molecule has 1 aliphatic heterocycles. The van der Waals surface area contributed by atoms with Gasteiger partial charge in [-0.15, -0.1) is 0 Å². The predicted molar refractivity (Wildman–Crippen MR) is 125 cm³/mol. The van der Waals surface area contributed by atoms with Crippen molar-refractivity contribution in [1.29, 1.82) is 0 Å². The molecule has 0 spiro atoms. The topological polar surface area (TPSA) is 105 Å². The maximum Gasteiger partial charge on any atom is 0.407 e. The van der Waals surface area contributed by atoms with E-state index in [1.807, 2.05) is 62.4 Å². The average molecular weight is 467 g/mol. The van der Waals surface area contributed by atoms with Gasteiger partial charge in [-0.05, 0) is 22.3 Å². The van der Waals surface area contributed by atoms with Gasteiger partial charge in [-0.25, -0.2) is 4.79 Å². The number of amides is 2. The molecule has 2 aromatic rings. The predicted octanol–water partition coefficient (Wildman–Crippen LogP) is 3.25. The van der Waals surface area contributed by atoms with Crippen molar-refractivity contribution in [1.82, 2.24) is 10.2 Å². The molecule has 1 fully saturated rings. The minimum absolute atomic E-state index is 0.0818. The van der Waals surface area contributed by atoms with Crippen LogP contribution in [0.3, 0.4) is 0 Å². The highest BCUT2D eigenvalue weighted by Crippen LogP contribution is 2.44. The molecule has 0 saturated carbocycles. The zero-order valence-electron chi connectivity index (χ0n) is 19.5. The van der Waals surface area contributed by atoms with Crippen molar-refractivity contribution < 1.29 is 29.0 Å². The molecule has 2 N–H and O–H groups in total. The molecule has 1 heterocycles. The molecule has 1 saturated heterocycles. The first-order valence-electron chi connectivity index (χ1n) is 11.4. The smallest absolute Gasteiger partial charge is 0.407 e. The summed E-state index contributed by atoms with van der Waals surface area (Å²) in [6, 6.07) is 14.7. The van der Waals surface area contributed by atoms with Gasteiger partial charge in [0.05, 0.1) is 19.6 Å². The Balaban J connectivity index is 1.44. The molecule has 8 nitrogen and oxygen atoms in total. The van der Waals surface area contributed by atoms with Gasteiger partial charge >= 0.3 is 12.1 Å². The maximum atomic E-state index is 13.1. The Bertz CT molecular complexity index is 1040. The third kappa shape index (κ3) is 5.22. The number of benzene rings is 2. The summed E-state index contributed by atoms with van der Waals surface area (Å²) in [6.07, 6.45) is -1.34. The molecule has 2 aromatic carbocycles. The van der Waals surface area contributed by atoms with E-state index < -0.39 is 30.4 Å². The highest BCUT2D eigenvalue weighted by Gasteiger charge is 2.34. The van der Waals surface area contributed by atoms with Gasteiger partial charge in [0.25, 0.3) is 0 Å². The molecule has 8 heteroatoms. The molecule has 1 aliphatic carbocycles. The maximum absolute atomic E-state index is 13.1. The van der Waals surface area contributed by atoms with Crippen molar-refractivity contribution in [3.63, 3.8) is 0 Å². The van der Waals surface area contributed by atoms with Crippen molar-refractivity contribution in [2.45, 2.75) is 32.2 Å². The second-order valence-electron chi connectivity index (χ2n) is 9.60. The average Bonchev–Trinajstić information content (AvgIpc) is 2.99.